The fourth-order valence-corrected chi connectivity index (χ4v) is 1.60. The van der Waals surface area contributed by atoms with Crippen molar-refractivity contribution in [3.63, 3.8) is 0 Å². The van der Waals surface area contributed by atoms with Crippen LogP contribution in [0.1, 0.15) is 5.56 Å². The molecule has 4 heteroatoms. The molecule has 0 amide bonds. The minimum Gasteiger partial charge on any atom is -0.397 e. The average molecular weight is 220 g/mol. The van der Waals surface area contributed by atoms with Crippen LogP contribution >= 0.6 is 11.6 Å². The van der Waals surface area contributed by atoms with E-state index < -0.39 is 0 Å². The third-order valence-electron chi connectivity index (χ3n) is 2.20. The van der Waals surface area contributed by atoms with Crippen molar-refractivity contribution in [2.24, 2.45) is 0 Å². The molecule has 0 saturated carbocycles. The van der Waals surface area contributed by atoms with Gasteiger partial charge in [0.1, 0.15) is 0 Å². The van der Waals surface area contributed by atoms with Gasteiger partial charge in [-0.1, -0.05) is 17.7 Å². The summed E-state index contributed by atoms with van der Waals surface area (Å²) in [7, 11) is 0. The first-order valence-corrected chi connectivity index (χ1v) is 4.90. The van der Waals surface area contributed by atoms with Crippen molar-refractivity contribution in [2.45, 2.75) is 6.92 Å². The molecule has 1 aromatic heterocycles. The number of halogens is 1. The molecule has 0 unspecified atom stereocenters. The van der Waals surface area contributed by atoms with Crippen LogP contribution in [0.5, 0.6) is 0 Å². The summed E-state index contributed by atoms with van der Waals surface area (Å²) in [5.74, 6) is 0.592. The zero-order chi connectivity index (χ0) is 10.8. The quantitative estimate of drug-likeness (QED) is 0.751. The number of nitrogens with zero attached hydrogens (tertiary/aromatic N) is 2. The topological polar surface area (TPSA) is 51.8 Å². The van der Waals surface area contributed by atoms with Crippen molar-refractivity contribution in [3.05, 3.63) is 41.2 Å². The van der Waals surface area contributed by atoms with Crippen LogP contribution in [0.4, 0.5) is 5.69 Å². The van der Waals surface area contributed by atoms with E-state index in [4.69, 9.17) is 17.3 Å². The van der Waals surface area contributed by atoms with E-state index in [1.807, 2.05) is 19.1 Å². The Morgan fingerprint density at radius 1 is 1.20 bits per heavy atom. The molecular formula is C11H10ClN3. The molecule has 0 bridgehead atoms. The van der Waals surface area contributed by atoms with E-state index in [0.29, 0.717) is 16.5 Å². The molecule has 1 heterocycles. The van der Waals surface area contributed by atoms with Crippen molar-refractivity contribution >= 4 is 17.3 Å². The van der Waals surface area contributed by atoms with Crippen molar-refractivity contribution in [3.8, 4) is 11.4 Å². The van der Waals surface area contributed by atoms with Crippen LogP contribution in [-0.2, 0) is 0 Å². The lowest BCUT2D eigenvalue weighted by molar-refractivity contribution is 1.17. The second-order valence-electron chi connectivity index (χ2n) is 3.23. The third-order valence-corrected chi connectivity index (χ3v) is 2.61. The van der Waals surface area contributed by atoms with E-state index in [1.54, 1.807) is 18.5 Å². The van der Waals surface area contributed by atoms with Gasteiger partial charge in [-0.2, -0.15) is 0 Å². The van der Waals surface area contributed by atoms with Crippen LogP contribution in [-0.4, -0.2) is 9.97 Å². The lowest BCUT2D eigenvalue weighted by Crippen LogP contribution is -1.95. The first-order valence-electron chi connectivity index (χ1n) is 4.52. The zero-order valence-electron chi connectivity index (χ0n) is 8.24. The maximum Gasteiger partial charge on any atom is 0.160 e. The number of hydrogen-bond acceptors (Lipinski definition) is 3. The van der Waals surface area contributed by atoms with Gasteiger partial charge in [0.05, 0.1) is 10.7 Å². The lowest BCUT2D eigenvalue weighted by atomic mass is 10.1. The van der Waals surface area contributed by atoms with Crippen LogP contribution in [0, 0.1) is 6.92 Å². The number of hydrogen-bond donors (Lipinski definition) is 1. The van der Waals surface area contributed by atoms with Crippen LogP contribution in [0.2, 0.25) is 5.02 Å². The standard InChI is InChI=1S/C11H10ClN3/c1-7-3-4-8(9(12)10(7)13)11-14-5-2-6-15-11/h2-6H,13H2,1H3. The van der Waals surface area contributed by atoms with Crippen molar-refractivity contribution in [1.29, 1.82) is 0 Å². The second-order valence-corrected chi connectivity index (χ2v) is 3.61. The number of anilines is 1. The van der Waals surface area contributed by atoms with Gasteiger partial charge < -0.3 is 5.73 Å². The molecule has 0 aliphatic rings. The predicted octanol–water partition coefficient (Wildman–Crippen LogP) is 2.69. The van der Waals surface area contributed by atoms with Gasteiger partial charge in [0.25, 0.3) is 0 Å². The highest BCUT2D eigenvalue weighted by Crippen LogP contribution is 2.32. The summed E-state index contributed by atoms with van der Waals surface area (Å²) >= 11 is 6.13. The highest BCUT2D eigenvalue weighted by Gasteiger charge is 2.09. The molecule has 0 aliphatic carbocycles. The molecule has 0 fully saturated rings. The number of aryl methyl sites for hydroxylation is 1. The number of nitrogens with two attached hydrogens (primary N) is 1. The largest absolute Gasteiger partial charge is 0.397 e. The van der Waals surface area contributed by atoms with E-state index in [2.05, 4.69) is 9.97 Å². The normalized spacial score (nSPS) is 10.3. The SMILES string of the molecule is Cc1ccc(-c2ncccn2)c(Cl)c1N. The van der Waals surface area contributed by atoms with Gasteiger partial charge in [-0.15, -0.1) is 0 Å². The van der Waals surface area contributed by atoms with Crippen molar-refractivity contribution in [2.75, 3.05) is 5.73 Å². The molecule has 1 aromatic carbocycles. The minimum absolute atomic E-state index is 0.515. The van der Waals surface area contributed by atoms with Crippen molar-refractivity contribution < 1.29 is 0 Å². The summed E-state index contributed by atoms with van der Waals surface area (Å²) in [6, 6.07) is 5.55. The van der Waals surface area contributed by atoms with E-state index in [0.717, 1.165) is 11.1 Å². The van der Waals surface area contributed by atoms with E-state index >= 15 is 0 Å². The Morgan fingerprint density at radius 3 is 2.53 bits per heavy atom. The number of rotatable bonds is 1. The molecule has 2 rings (SSSR count). The fourth-order valence-electron chi connectivity index (χ4n) is 1.30. The van der Waals surface area contributed by atoms with E-state index in [1.165, 1.54) is 0 Å². The molecule has 3 nitrogen and oxygen atoms in total. The average Bonchev–Trinajstić information content (AvgIpc) is 2.27. The Hall–Kier alpha value is -1.61. The van der Waals surface area contributed by atoms with Gasteiger partial charge in [0.2, 0.25) is 0 Å². The summed E-state index contributed by atoms with van der Waals surface area (Å²) < 4.78 is 0. The second kappa shape index (κ2) is 3.87. The Labute approximate surface area is 92.9 Å². The lowest BCUT2D eigenvalue weighted by Gasteiger charge is -2.07. The zero-order valence-corrected chi connectivity index (χ0v) is 8.99. The summed E-state index contributed by atoms with van der Waals surface area (Å²) in [5, 5.41) is 0.515. The molecule has 0 aliphatic heterocycles. The highest BCUT2D eigenvalue weighted by atomic mass is 35.5. The molecular weight excluding hydrogens is 210 g/mol. The summed E-state index contributed by atoms with van der Waals surface area (Å²) in [6.07, 6.45) is 3.35. The number of nitrogen functional groups attached to an aromatic ring is 1. The number of benzene rings is 1. The van der Waals surface area contributed by atoms with Crippen LogP contribution in [0.15, 0.2) is 30.6 Å². The molecule has 2 aromatic rings. The Kier molecular flexibility index (Phi) is 2.56. The Bertz CT molecular complexity index is 483. The first-order chi connectivity index (χ1) is 7.20. The maximum absolute atomic E-state index is 6.13. The molecule has 76 valence electrons. The molecule has 0 spiro atoms. The van der Waals surface area contributed by atoms with Gasteiger partial charge >= 0.3 is 0 Å². The highest BCUT2D eigenvalue weighted by molar-refractivity contribution is 6.35. The monoisotopic (exact) mass is 219 g/mol. The molecule has 2 N–H and O–H groups in total. The molecule has 15 heavy (non-hydrogen) atoms. The van der Waals surface area contributed by atoms with Crippen LogP contribution in [0.3, 0.4) is 0 Å². The van der Waals surface area contributed by atoms with Gasteiger partial charge in [0, 0.05) is 18.0 Å². The van der Waals surface area contributed by atoms with Gasteiger partial charge in [-0.25, -0.2) is 9.97 Å². The first kappa shape index (κ1) is 9.93. The summed E-state index contributed by atoms with van der Waals surface area (Å²) in [6.45, 7) is 1.91. The van der Waals surface area contributed by atoms with Crippen LogP contribution < -0.4 is 5.73 Å². The van der Waals surface area contributed by atoms with Crippen LogP contribution in [0.25, 0.3) is 11.4 Å². The fraction of sp³-hybridized carbons (Fsp3) is 0.0909. The van der Waals surface area contributed by atoms with Gasteiger partial charge in [-0.3, -0.25) is 0 Å². The van der Waals surface area contributed by atoms with E-state index in [9.17, 15) is 0 Å². The molecule has 0 radical (unpaired) electrons. The number of aromatic nitrogens is 2. The maximum atomic E-state index is 6.13. The predicted molar refractivity (Wildman–Crippen MR) is 61.6 cm³/mol. The smallest absolute Gasteiger partial charge is 0.160 e. The van der Waals surface area contributed by atoms with Crippen molar-refractivity contribution in [1.82, 2.24) is 9.97 Å². The van der Waals surface area contributed by atoms with Gasteiger partial charge in [-0.05, 0) is 24.6 Å². The Morgan fingerprint density at radius 2 is 1.87 bits per heavy atom. The minimum atomic E-state index is 0.515. The van der Waals surface area contributed by atoms with E-state index in [-0.39, 0.29) is 0 Å². The molecule has 0 atom stereocenters. The molecule has 0 saturated heterocycles. The third kappa shape index (κ3) is 1.78. The Balaban J connectivity index is 2.60. The summed E-state index contributed by atoms with van der Waals surface area (Å²) in [5.41, 5.74) is 8.14. The summed E-state index contributed by atoms with van der Waals surface area (Å²) in [4.78, 5) is 8.26. The van der Waals surface area contributed by atoms with Gasteiger partial charge in [0.15, 0.2) is 5.82 Å².